The fourth-order valence-electron chi connectivity index (χ4n) is 3.93. The molecule has 0 saturated heterocycles. The minimum absolute atomic E-state index is 0.353. The van der Waals surface area contributed by atoms with Gasteiger partial charge >= 0.3 is 0 Å². The monoisotopic (exact) mass is 232 g/mol. The second-order valence-electron chi connectivity index (χ2n) is 7.26. The first-order valence-corrected chi connectivity index (χ1v) is 7.18. The molecule has 0 aromatic carbocycles. The van der Waals surface area contributed by atoms with Crippen molar-refractivity contribution >= 4 is 0 Å². The van der Waals surface area contributed by atoms with E-state index in [0.29, 0.717) is 5.41 Å². The highest BCUT2D eigenvalue weighted by Gasteiger charge is 2.43. The quantitative estimate of drug-likeness (QED) is 0.544. The van der Waals surface area contributed by atoms with Gasteiger partial charge in [-0.3, -0.25) is 0 Å². The molecule has 0 radical (unpaired) electrons. The molecule has 0 aliphatic heterocycles. The number of hydrogen-bond donors (Lipinski definition) is 0. The summed E-state index contributed by atoms with van der Waals surface area (Å²) < 4.78 is 0. The highest BCUT2D eigenvalue weighted by Crippen LogP contribution is 2.53. The molecule has 0 heteroatoms. The number of hydrogen-bond acceptors (Lipinski definition) is 0. The summed E-state index contributed by atoms with van der Waals surface area (Å²) in [5, 5.41) is 0. The van der Waals surface area contributed by atoms with E-state index in [0.717, 1.165) is 23.7 Å². The molecular formula is C17H28. The summed E-state index contributed by atoms with van der Waals surface area (Å²) in [6.07, 6.45) is 6.36. The summed E-state index contributed by atoms with van der Waals surface area (Å²) in [7, 11) is 0. The maximum absolute atomic E-state index is 4.34. The molecule has 0 N–H and O–H groups in total. The molecule has 0 nitrogen and oxygen atoms in total. The Labute approximate surface area is 107 Å². The summed E-state index contributed by atoms with van der Waals surface area (Å²) in [5.41, 5.74) is 3.45. The van der Waals surface area contributed by atoms with E-state index in [4.69, 9.17) is 0 Å². The van der Waals surface area contributed by atoms with Crippen molar-refractivity contribution < 1.29 is 0 Å². The Kier molecular flexibility index (Phi) is 3.27. The zero-order valence-electron chi connectivity index (χ0n) is 12.2. The molecule has 3 atom stereocenters. The van der Waals surface area contributed by atoms with Crippen LogP contribution in [-0.2, 0) is 0 Å². The van der Waals surface area contributed by atoms with Crippen LogP contribution in [0.15, 0.2) is 23.8 Å². The van der Waals surface area contributed by atoms with Crippen LogP contribution >= 0.6 is 0 Å². The Hall–Kier alpha value is -0.520. The highest BCUT2D eigenvalue weighted by atomic mass is 14.5. The molecule has 96 valence electrons. The lowest BCUT2D eigenvalue weighted by Crippen LogP contribution is -2.39. The first kappa shape index (κ1) is 12.9. The van der Waals surface area contributed by atoms with E-state index in [1.54, 1.807) is 5.57 Å². The van der Waals surface area contributed by atoms with Crippen molar-refractivity contribution in [3.8, 4) is 0 Å². The van der Waals surface area contributed by atoms with Gasteiger partial charge in [-0.15, -0.1) is 0 Å². The minimum atomic E-state index is 0.353. The third kappa shape index (κ3) is 2.23. The topological polar surface area (TPSA) is 0 Å². The van der Waals surface area contributed by atoms with Crippen LogP contribution in [0.25, 0.3) is 0 Å². The smallest absolute Gasteiger partial charge is 0.0137 e. The van der Waals surface area contributed by atoms with E-state index >= 15 is 0 Å². The summed E-state index contributed by atoms with van der Waals surface area (Å²) in [6, 6.07) is 0. The van der Waals surface area contributed by atoms with Crippen LogP contribution in [0.5, 0.6) is 0 Å². The van der Waals surface area contributed by atoms with Crippen molar-refractivity contribution in [3.63, 3.8) is 0 Å². The van der Waals surface area contributed by atoms with Gasteiger partial charge in [0, 0.05) is 0 Å². The van der Waals surface area contributed by atoms with E-state index in [9.17, 15) is 0 Å². The normalized spacial score (nSPS) is 36.7. The van der Waals surface area contributed by atoms with Crippen molar-refractivity contribution in [2.75, 3.05) is 0 Å². The van der Waals surface area contributed by atoms with Gasteiger partial charge < -0.3 is 0 Å². The van der Waals surface area contributed by atoms with Gasteiger partial charge in [0.1, 0.15) is 0 Å². The fourth-order valence-corrected chi connectivity index (χ4v) is 3.93. The third-order valence-electron chi connectivity index (χ3n) is 5.39. The SMILES string of the molecule is C=C1C[C@H]2C(C)=CC[C@@H](C(C)C)[C@@H]2CC1(C)C. The van der Waals surface area contributed by atoms with Crippen LogP contribution in [0, 0.1) is 29.1 Å². The average Bonchev–Trinajstić information content (AvgIpc) is 2.20. The lowest BCUT2D eigenvalue weighted by molar-refractivity contribution is 0.102. The largest absolute Gasteiger partial charge is 0.0993 e. The van der Waals surface area contributed by atoms with Gasteiger partial charge in [-0.2, -0.15) is 0 Å². The molecular weight excluding hydrogens is 204 g/mol. The molecule has 2 aliphatic carbocycles. The molecule has 0 heterocycles. The Morgan fingerprint density at radius 1 is 1.35 bits per heavy atom. The Bertz CT molecular complexity index is 343. The van der Waals surface area contributed by atoms with Gasteiger partial charge in [0.25, 0.3) is 0 Å². The molecule has 17 heavy (non-hydrogen) atoms. The second kappa shape index (κ2) is 4.30. The molecule has 2 rings (SSSR count). The van der Waals surface area contributed by atoms with Crippen LogP contribution < -0.4 is 0 Å². The summed E-state index contributed by atoms with van der Waals surface area (Å²) in [5.74, 6) is 3.38. The Balaban J connectivity index is 2.29. The molecule has 0 aromatic rings. The molecule has 1 fully saturated rings. The van der Waals surface area contributed by atoms with Crippen LogP contribution in [0.1, 0.15) is 53.9 Å². The van der Waals surface area contributed by atoms with E-state index in [1.165, 1.54) is 24.8 Å². The number of rotatable bonds is 1. The van der Waals surface area contributed by atoms with E-state index < -0.39 is 0 Å². The standard InChI is InChI=1S/C17H28/c1-11(2)14-8-7-12(3)15-9-13(4)17(5,6)10-16(14)15/h7,11,14-16H,4,8-10H2,1-3,5-6H3/t14-,15-,16-/m0/s1. The van der Waals surface area contributed by atoms with E-state index in [1.807, 2.05) is 0 Å². The Morgan fingerprint density at radius 3 is 2.59 bits per heavy atom. The molecule has 1 saturated carbocycles. The lowest BCUT2D eigenvalue weighted by atomic mass is 9.56. The van der Waals surface area contributed by atoms with Crippen molar-refractivity contribution in [2.45, 2.75) is 53.9 Å². The summed E-state index contributed by atoms with van der Waals surface area (Å²) >= 11 is 0. The van der Waals surface area contributed by atoms with Gasteiger partial charge in [0.15, 0.2) is 0 Å². The van der Waals surface area contributed by atoms with Crippen molar-refractivity contribution in [2.24, 2.45) is 29.1 Å². The molecule has 0 bridgehead atoms. The van der Waals surface area contributed by atoms with Gasteiger partial charge in [-0.25, -0.2) is 0 Å². The predicted molar refractivity (Wildman–Crippen MR) is 75.8 cm³/mol. The summed E-state index contributed by atoms with van der Waals surface area (Å²) in [6.45, 7) is 16.2. The van der Waals surface area contributed by atoms with Crippen molar-refractivity contribution in [1.29, 1.82) is 0 Å². The van der Waals surface area contributed by atoms with Gasteiger partial charge in [0.05, 0.1) is 0 Å². The Morgan fingerprint density at radius 2 is 2.00 bits per heavy atom. The molecule has 2 aliphatic rings. The number of fused-ring (bicyclic) bond motifs is 1. The summed E-state index contributed by atoms with van der Waals surface area (Å²) in [4.78, 5) is 0. The fraction of sp³-hybridized carbons (Fsp3) is 0.765. The molecule has 0 unspecified atom stereocenters. The van der Waals surface area contributed by atoms with Crippen LogP contribution in [0.3, 0.4) is 0 Å². The number of allylic oxidation sites excluding steroid dienone is 3. The van der Waals surface area contributed by atoms with Gasteiger partial charge in [0.2, 0.25) is 0 Å². The predicted octanol–water partition coefficient (Wildman–Crippen LogP) is 5.22. The van der Waals surface area contributed by atoms with Crippen LogP contribution in [-0.4, -0.2) is 0 Å². The molecule has 0 spiro atoms. The maximum atomic E-state index is 4.34. The van der Waals surface area contributed by atoms with Crippen molar-refractivity contribution in [1.82, 2.24) is 0 Å². The molecule has 0 aromatic heterocycles. The second-order valence-corrected chi connectivity index (χ2v) is 7.26. The maximum Gasteiger partial charge on any atom is -0.0137 e. The zero-order chi connectivity index (χ0) is 12.8. The van der Waals surface area contributed by atoms with Crippen molar-refractivity contribution in [3.05, 3.63) is 23.8 Å². The first-order valence-electron chi connectivity index (χ1n) is 7.18. The average molecular weight is 232 g/mol. The van der Waals surface area contributed by atoms with E-state index in [-0.39, 0.29) is 0 Å². The van der Waals surface area contributed by atoms with E-state index in [2.05, 4.69) is 47.3 Å². The molecule has 0 amide bonds. The van der Waals surface area contributed by atoms with Gasteiger partial charge in [-0.1, -0.05) is 51.5 Å². The first-order chi connectivity index (χ1) is 7.83. The minimum Gasteiger partial charge on any atom is -0.0993 e. The van der Waals surface area contributed by atoms with Gasteiger partial charge in [-0.05, 0) is 55.3 Å². The van der Waals surface area contributed by atoms with Crippen LogP contribution in [0.4, 0.5) is 0 Å². The zero-order valence-corrected chi connectivity index (χ0v) is 12.2. The lowest BCUT2D eigenvalue weighted by Gasteiger charge is -2.49. The highest BCUT2D eigenvalue weighted by molar-refractivity contribution is 5.22. The third-order valence-corrected chi connectivity index (χ3v) is 5.39. The van der Waals surface area contributed by atoms with Crippen LogP contribution in [0.2, 0.25) is 0 Å².